The molecular formula is C27H27N5. The highest BCUT2D eigenvalue weighted by Crippen LogP contribution is 2.44. The average Bonchev–Trinajstić information content (AvgIpc) is 3.17. The maximum absolute atomic E-state index is 6.35. The molecule has 0 saturated heterocycles. The van der Waals surface area contributed by atoms with Gasteiger partial charge in [0, 0.05) is 41.0 Å². The van der Waals surface area contributed by atoms with Crippen LogP contribution in [0.2, 0.25) is 0 Å². The van der Waals surface area contributed by atoms with Gasteiger partial charge in [-0.15, -0.1) is 0 Å². The molecular weight excluding hydrogens is 394 g/mol. The number of hydrogen-bond acceptors (Lipinski definition) is 4. The Balaban J connectivity index is 1.64. The Morgan fingerprint density at radius 3 is 2.72 bits per heavy atom. The molecule has 2 aromatic heterocycles. The monoisotopic (exact) mass is 421 g/mol. The smallest absolute Gasteiger partial charge is 0.146 e. The van der Waals surface area contributed by atoms with E-state index < -0.39 is 0 Å². The number of anilines is 1. The van der Waals surface area contributed by atoms with E-state index in [9.17, 15) is 0 Å². The summed E-state index contributed by atoms with van der Waals surface area (Å²) >= 11 is 0. The second-order valence-electron chi connectivity index (χ2n) is 8.50. The van der Waals surface area contributed by atoms with E-state index in [4.69, 9.17) is 5.73 Å². The third kappa shape index (κ3) is 3.01. The van der Waals surface area contributed by atoms with Crippen molar-refractivity contribution < 1.29 is 0 Å². The minimum atomic E-state index is 0.450. The summed E-state index contributed by atoms with van der Waals surface area (Å²) in [5, 5.41) is 0.915. The predicted molar refractivity (Wildman–Crippen MR) is 133 cm³/mol. The van der Waals surface area contributed by atoms with Crippen molar-refractivity contribution in [2.45, 2.75) is 25.8 Å². The second kappa shape index (κ2) is 7.68. The highest BCUT2D eigenvalue weighted by molar-refractivity contribution is 6.01. The first-order valence-electron chi connectivity index (χ1n) is 10.9. The van der Waals surface area contributed by atoms with E-state index in [1.165, 1.54) is 6.42 Å². The molecule has 160 valence electrons. The quantitative estimate of drug-likeness (QED) is 0.501. The van der Waals surface area contributed by atoms with E-state index in [1.54, 1.807) is 18.5 Å². The van der Waals surface area contributed by atoms with Crippen molar-refractivity contribution in [2.75, 3.05) is 5.73 Å². The fourth-order valence-corrected chi connectivity index (χ4v) is 4.75. The largest absolute Gasteiger partial charge is 0.383 e. The maximum atomic E-state index is 6.35. The molecule has 5 rings (SSSR count). The van der Waals surface area contributed by atoms with Gasteiger partial charge in [-0.25, -0.2) is 9.97 Å². The predicted octanol–water partition coefficient (Wildman–Crippen LogP) is 6.16. The fourth-order valence-electron chi connectivity index (χ4n) is 4.75. The molecule has 5 nitrogen and oxygen atoms in total. The van der Waals surface area contributed by atoms with Crippen LogP contribution in [0.15, 0.2) is 80.6 Å². The van der Waals surface area contributed by atoms with Crippen LogP contribution in [0.4, 0.5) is 5.82 Å². The first kappa shape index (κ1) is 20.1. The van der Waals surface area contributed by atoms with Crippen LogP contribution in [0.5, 0.6) is 0 Å². The van der Waals surface area contributed by atoms with Gasteiger partial charge < -0.3 is 15.2 Å². The number of allylic oxidation sites excluding steroid dienone is 3. The zero-order valence-corrected chi connectivity index (χ0v) is 18.3. The highest BCUT2D eigenvalue weighted by atomic mass is 15.1. The second-order valence-corrected chi connectivity index (χ2v) is 8.50. The average molecular weight is 422 g/mol. The Morgan fingerprint density at radius 1 is 1.19 bits per heavy atom. The van der Waals surface area contributed by atoms with Crippen LogP contribution in [0.1, 0.15) is 36.9 Å². The number of nitrogens with two attached hydrogens (primary N) is 1. The summed E-state index contributed by atoms with van der Waals surface area (Å²) in [6.07, 6.45) is 15.7. The zero-order chi connectivity index (χ0) is 22.4. The summed E-state index contributed by atoms with van der Waals surface area (Å²) in [6.45, 7) is 14.4. The topological polar surface area (TPSA) is 60.0 Å². The molecule has 5 heteroatoms. The lowest BCUT2D eigenvalue weighted by Crippen LogP contribution is -2.26. The normalized spacial score (nSPS) is 20.2. The third-order valence-electron chi connectivity index (χ3n) is 6.72. The Morgan fingerprint density at radius 2 is 2.03 bits per heavy atom. The lowest BCUT2D eigenvalue weighted by atomic mass is 9.81. The molecule has 2 atom stereocenters. The van der Waals surface area contributed by atoms with Gasteiger partial charge in [0.1, 0.15) is 17.8 Å². The number of nitrogen functional groups attached to an aromatic ring is 1. The van der Waals surface area contributed by atoms with Crippen molar-refractivity contribution in [3.63, 3.8) is 0 Å². The summed E-state index contributed by atoms with van der Waals surface area (Å²) in [5.74, 6) is 1.14. The molecule has 1 saturated carbocycles. The molecule has 1 aliphatic carbocycles. The number of aromatic nitrogens is 3. The van der Waals surface area contributed by atoms with Crippen molar-refractivity contribution in [1.29, 1.82) is 0 Å². The van der Waals surface area contributed by atoms with Crippen molar-refractivity contribution in [2.24, 2.45) is 5.92 Å². The molecule has 1 aromatic carbocycles. The summed E-state index contributed by atoms with van der Waals surface area (Å²) in [6, 6.07) is 6.89. The Bertz CT molecular complexity index is 1320. The third-order valence-corrected chi connectivity index (χ3v) is 6.72. The van der Waals surface area contributed by atoms with Crippen molar-refractivity contribution in [3.05, 3.63) is 91.7 Å². The molecule has 0 bridgehead atoms. The van der Waals surface area contributed by atoms with Gasteiger partial charge in [-0.3, -0.25) is 0 Å². The molecule has 2 N–H and O–H groups in total. The van der Waals surface area contributed by atoms with Crippen molar-refractivity contribution in [1.82, 2.24) is 19.4 Å². The van der Waals surface area contributed by atoms with E-state index in [0.29, 0.717) is 17.8 Å². The van der Waals surface area contributed by atoms with Crippen LogP contribution in [-0.4, -0.2) is 19.4 Å². The van der Waals surface area contributed by atoms with Crippen LogP contribution >= 0.6 is 0 Å². The first-order chi connectivity index (χ1) is 15.5. The van der Waals surface area contributed by atoms with Gasteiger partial charge in [-0.05, 0) is 54.2 Å². The van der Waals surface area contributed by atoms with E-state index in [0.717, 1.165) is 51.1 Å². The number of hydrogen-bond donors (Lipinski definition) is 1. The molecule has 1 aliphatic heterocycles. The van der Waals surface area contributed by atoms with E-state index in [2.05, 4.69) is 71.7 Å². The molecule has 0 radical (unpaired) electrons. The van der Waals surface area contributed by atoms with Gasteiger partial charge in [0.15, 0.2) is 0 Å². The molecule has 2 unspecified atom stereocenters. The highest BCUT2D eigenvalue weighted by Gasteiger charge is 2.31. The fraction of sp³-hybridized carbons (Fsp3) is 0.185. The van der Waals surface area contributed by atoms with Gasteiger partial charge >= 0.3 is 0 Å². The van der Waals surface area contributed by atoms with Crippen molar-refractivity contribution >= 4 is 28.6 Å². The molecule has 0 spiro atoms. The lowest BCUT2D eigenvalue weighted by molar-refractivity contribution is 0.206. The van der Waals surface area contributed by atoms with Gasteiger partial charge in [0.25, 0.3) is 0 Å². The minimum Gasteiger partial charge on any atom is -0.383 e. The van der Waals surface area contributed by atoms with Crippen LogP contribution in [0, 0.1) is 5.92 Å². The molecule has 2 aliphatic rings. The standard InChI is InChI=1S/C27H27N5/c1-5-7-21(6-2)31-13-12-19-9-10-20(14-22(19)18(31)4)23-15-32(24-11-8-17(24)3)27-25(23)26(28)29-16-30-27/h5-7,9-10,12-17,24H,1-2,4,8,11H2,3H3,(H2,28,29,30)/b21-7+. The van der Waals surface area contributed by atoms with Gasteiger partial charge in [0.05, 0.1) is 5.39 Å². The van der Waals surface area contributed by atoms with Crippen molar-refractivity contribution in [3.8, 4) is 11.1 Å². The minimum absolute atomic E-state index is 0.450. The van der Waals surface area contributed by atoms with Crippen LogP contribution in [0.3, 0.4) is 0 Å². The number of fused-ring (bicyclic) bond motifs is 2. The summed E-state index contributed by atoms with van der Waals surface area (Å²) in [5.41, 5.74) is 13.4. The Hall–Kier alpha value is -3.86. The first-order valence-corrected chi connectivity index (χ1v) is 10.9. The summed E-state index contributed by atoms with van der Waals surface area (Å²) < 4.78 is 2.29. The molecule has 3 heterocycles. The van der Waals surface area contributed by atoms with E-state index in [1.807, 2.05) is 17.2 Å². The van der Waals surface area contributed by atoms with Crippen LogP contribution < -0.4 is 5.73 Å². The number of rotatable bonds is 5. The number of nitrogens with zero attached hydrogens (tertiary/aromatic N) is 4. The molecule has 3 aromatic rings. The Labute approximate surface area is 188 Å². The zero-order valence-electron chi connectivity index (χ0n) is 18.3. The van der Waals surface area contributed by atoms with E-state index in [-0.39, 0.29) is 0 Å². The van der Waals surface area contributed by atoms with Crippen LogP contribution in [-0.2, 0) is 0 Å². The van der Waals surface area contributed by atoms with Crippen LogP contribution in [0.25, 0.3) is 33.9 Å². The molecule has 0 amide bonds. The van der Waals surface area contributed by atoms with E-state index >= 15 is 0 Å². The Kier molecular flexibility index (Phi) is 4.82. The maximum Gasteiger partial charge on any atom is 0.146 e. The SMILES string of the molecule is C=C/C=C(\C=C)N1C=Cc2ccc(-c3cn(C4CCC4C)c4ncnc(N)c34)cc2C1=C. The number of benzene rings is 1. The summed E-state index contributed by atoms with van der Waals surface area (Å²) in [4.78, 5) is 10.9. The lowest BCUT2D eigenvalue weighted by Gasteiger charge is -2.35. The molecule has 1 fully saturated rings. The summed E-state index contributed by atoms with van der Waals surface area (Å²) in [7, 11) is 0. The van der Waals surface area contributed by atoms with Gasteiger partial charge in [-0.1, -0.05) is 44.9 Å². The van der Waals surface area contributed by atoms with Gasteiger partial charge in [0.2, 0.25) is 0 Å². The molecule has 32 heavy (non-hydrogen) atoms. The van der Waals surface area contributed by atoms with Gasteiger partial charge in [-0.2, -0.15) is 0 Å².